The number of aliphatic hydroxyl groups is 1. The van der Waals surface area contributed by atoms with Crippen molar-refractivity contribution in [2.45, 2.75) is 38.3 Å². The van der Waals surface area contributed by atoms with Crippen molar-refractivity contribution < 1.29 is 23.9 Å². The minimum Gasteiger partial charge on any atom is -0.389 e. The molecule has 5 heterocycles. The number of β-amino-alcohol motifs (C(OH)–C–C–N with tert-alkyl or cyclic N) is 1. The van der Waals surface area contributed by atoms with E-state index >= 15 is 0 Å². The Morgan fingerprint density at radius 2 is 1.91 bits per heavy atom. The SMILES string of the molecule is CCc1nc2sc(N3C(=O)CCC(N(C)CC(=O)N4CC(O)C4)C3=O)nn2c1N(C)c1nc(-c2ccc(F)cc2)c(C#N)s1. The highest BCUT2D eigenvalue weighted by Gasteiger charge is 2.41. The van der Waals surface area contributed by atoms with Crippen molar-refractivity contribution in [1.29, 1.82) is 5.26 Å². The lowest BCUT2D eigenvalue weighted by atomic mass is 10.0. The molecule has 1 aromatic carbocycles. The highest BCUT2D eigenvalue weighted by atomic mass is 32.1. The van der Waals surface area contributed by atoms with Gasteiger partial charge in [-0.1, -0.05) is 29.6 Å². The van der Waals surface area contributed by atoms with Gasteiger partial charge in [0.2, 0.25) is 21.9 Å². The average molecular weight is 638 g/mol. The van der Waals surface area contributed by atoms with Gasteiger partial charge in [-0.25, -0.2) is 19.3 Å². The molecule has 6 rings (SSSR count). The van der Waals surface area contributed by atoms with E-state index in [0.717, 1.165) is 16.2 Å². The fourth-order valence-electron chi connectivity index (χ4n) is 5.31. The van der Waals surface area contributed by atoms with Crippen molar-refractivity contribution in [2.24, 2.45) is 0 Å². The van der Waals surface area contributed by atoms with Crippen LogP contribution in [0.2, 0.25) is 0 Å². The van der Waals surface area contributed by atoms with E-state index in [9.17, 15) is 29.1 Å². The molecule has 13 nitrogen and oxygen atoms in total. The van der Waals surface area contributed by atoms with E-state index in [1.54, 1.807) is 40.5 Å². The second-order valence-corrected chi connectivity index (χ2v) is 12.6. The Bertz CT molecular complexity index is 1810. The number of likely N-dealkylation sites (tertiary alicyclic amines) is 1. The summed E-state index contributed by atoms with van der Waals surface area (Å²) in [5.41, 5.74) is 1.74. The number of halogens is 1. The maximum absolute atomic E-state index is 13.6. The van der Waals surface area contributed by atoms with Gasteiger partial charge >= 0.3 is 0 Å². The van der Waals surface area contributed by atoms with Gasteiger partial charge in [-0.2, -0.15) is 9.78 Å². The zero-order valence-electron chi connectivity index (χ0n) is 24.1. The van der Waals surface area contributed by atoms with Gasteiger partial charge in [0, 0.05) is 32.1 Å². The first-order valence-electron chi connectivity index (χ1n) is 13.9. The number of rotatable bonds is 8. The number of benzene rings is 1. The van der Waals surface area contributed by atoms with Gasteiger partial charge in [-0.3, -0.25) is 19.3 Å². The van der Waals surface area contributed by atoms with E-state index in [1.165, 1.54) is 28.4 Å². The number of imide groups is 1. The standard InChI is InChI=1S/C28H28FN9O4S2/c1-4-18-24(35(3)26-32-23(20(11-30)43-26)15-5-7-16(29)8-6-15)38-27(31-18)44-28(33-38)37-21(40)10-9-19(25(37)42)34(2)14-22(41)36-12-17(39)13-36/h5-8,17,19,39H,4,9-10,12-14H2,1-3H3. The minimum absolute atomic E-state index is 0.0143. The number of likely N-dealkylation sites (N-methyl/N-ethyl adjacent to an activating group) is 1. The molecule has 0 spiro atoms. The summed E-state index contributed by atoms with van der Waals surface area (Å²) in [6.45, 7) is 2.48. The first kappa shape index (κ1) is 29.8. The molecular weight excluding hydrogens is 609 g/mol. The number of aromatic nitrogens is 4. The van der Waals surface area contributed by atoms with E-state index < -0.39 is 23.9 Å². The molecule has 0 aliphatic carbocycles. The van der Waals surface area contributed by atoms with Crippen molar-refractivity contribution in [3.63, 3.8) is 0 Å². The summed E-state index contributed by atoms with van der Waals surface area (Å²) in [7, 11) is 3.44. The molecule has 2 aliphatic rings. The zero-order valence-corrected chi connectivity index (χ0v) is 25.7. The van der Waals surface area contributed by atoms with E-state index in [0.29, 0.717) is 44.2 Å². The summed E-state index contributed by atoms with van der Waals surface area (Å²) < 4.78 is 15.1. The van der Waals surface area contributed by atoms with Crippen LogP contribution in [0.25, 0.3) is 16.2 Å². The fourth-order valence-corrected chi connectivity index (χ4v) is 7.10. The molecule has 44 heavy (non-hydrogen) atoms. The van der Waals surface area contributed by atoms with E-state index in [-0.39, 0.29) is 49.4 Å². The summed E-state index contributed by atoms with van der Waals surface area (Å²) in [6, 6.07) is 7.23. The lowest BCUT2D eigenvalue weighted by Crippen LogP contribution is -2.59. The molecule has 2 saturated heterocycles. The van der Waals surface area contributed by atoms with Crippen LogP contribution in [0.5, 0.6) is 0 Å². The first-order chi connectivity index (χ1) is 21.1. The Hall–Kier alpha value is -4.30. The van der Waals surface area contributed by atoms with Crippen molar-refractivity contribution in [3.8, 4) is 17.3 Å². The number of amides is 3. The van der Waals surface area contributed by atoms with Crippen LogP contribution in [0.3, 0.4) is 0 Å². The summed E-state index contributed by atoms with van der Waals surface area (Å²) in [6.07, 6.45) is 0.422. The molecule has 3 amide bonds. The number of hydrogen-bond acceptors (Lipinski definition) is 12. The maximum atomic E-state index is 13.6. The van der Waals surface area contributed by atoms with Crippen LogP contribution in [0.15, 0.2) is 24.3 Å². The topological polar surface area (TPSA) is 151 Å². The number of nitriles is 1. The number of nitrogens with zero attached hydrogens (tertiary/aromatic N) is 9. The predicted molar refractivity (Wildman–Crippen MR) is 161 cm³/mol. The quantitative estimate of drug-likeness (QED) is 0.285. The van der Waals surface area contributed by atoms with Gasteiger partial charge in [0.05, 0.1) is 24.4 Å². The Labute approximate surface area is 259 Å². The number of carbonyl (C=O) groups is 3. The van der Waals surface area contributed by atoms with Crippen molar-refractivity contribution in [1.82, 2.24) is 29.4 Å². The number of anilines is 3. The normalized spacial score (nSPS) is 17.4. The van der Waals surface area contributed by atoms with E-state index in [2.05, 4.69) is 16.2 Å². The molecule has 0 radical (unpaired) electrons. The second kappa shape index (κ2) is 11.7. The molecule has 228 valence electrons. The molecule has 2 aliphatic heterocycles. The van der Waals surface area contributed by atoms with Crippen LogP contribution >= 0.6 is 22.7 Å². The number of imidazole rings is 1. The van der Waals surface area contributed by atoms with Gasteiger partial charge < -0.3 is 14.9 Å². The Kier molecular flexibility index (Phi) is 7.88. The van der Waals surface area contributed by atoms with Crippen LogP contribution < -0.4 is 9.80 Å². The third-order valence-electron chi connectivity index (χ3n) is 7.72. The van der Waals surface area contributed by atoms with Gasteiger partial charge in [0.25, 0.3) is 5.91 Å². The third-order valence-corrected chi connectivity index (χ3v) is 9.65. The molecular formula is C28H28FN9O4S2. The fraction of sp³-hybridized carbons (Fsp3) is 0.393. The average Bonchev–Trinajstić information content (AvgIpc) is 3.68. The number of aryl methyl sites for hydroxylation is 1. The highest BCUT2D eigenvalue weighted by Crippen LogP contribution is 2.38. The minimum atomic E-state index is -0.697. The van der Waals surface area contributed by atoms with Gasteiger partial charge in [-0.05, 0) is 44.2 Å². The summed E-state index contributed by atoms with van der Waals surface area (Å²) in [5.74, 6) is -0.863. The molecule has 0 saturated carbocycles. The molecule has 1 unspecified atom stereocenters. The van der Waals surface area contributed by atoms with Crippen LogP contribution in [-0.2, 0) is 20.8 Å². The van der Waals surface area contributed by atoms with Crippen LogP contribution in [-0.4, -0.2) is 98.1 Å². The summed E-state index contributed by atoms with van der Waals surface area (Å²) >= 11 is 2.27. The molecule has 1 atom stereocenters. The second-order valence-electron chi connectivity index (χ2n) is 10.7. The molecule has 16 heteroatoms. The first-order valence-corrected chi connectivity index (χ1v) is 15.5. The number of aliphatic hydroxyl groups excluding tert-OH is 1. The predicted octanol–water partition coefficient (Wildman–Crippen LogP) is 2.41. The van der Waals surface area contributed by atoms with Gasteiger partial charge in [-0.15, -0.1) is 5.10 Å². The van der Waals surface area contributed by atoms with Crippen LogP contribution in [0.1, 0.15) is 30.3 Å². The molecule has 4 aromatic rings. The highest BCUT2D eigenvalue weighted by molar-refractivity contribution is 7.20. The zero-order chi connectivity index (χ0) is 31.3. The van der Waals surface area contributed by atoms with Crippen LogP contribution in [0.4, 0.5) is 20.5 Å². The lowest BCUT2D eigenvalue weighted by molar-refractivity contribution is -0.143. The van der Waals surface area contributed by atoms with Gasteiger partial charge in [0.15, 0.2) is 10.9 Å². The van der Waals surface area contributed by atoms with Crippen molar-refractivity contribution in [3.05, 3.63) is 40.7 Å². The van der Waals surface area contributed by atoms with Gasteiger partial charge in [0.1, 0.15) is 22.5 Å². The Morgan fingerprint density at radius 1 is 1.18 bits per heavy atom. The number of carbonyl (C=O) groups excluding carboxylic acids is 3. The van der Waals surface area contributed by atoms with Crippen molar-refractivity contribution in [2.75, 3.05) is 43.5 Å². The number of hydrogen-bond donors (Lipinski definition) is 1. The Balaban J connectivity index is 1.29. The smallest absolute Gasteiger partial charge is 0.253 e. The Morgan fingerprint density at radius 3 is 2.57 bits per heavy atom. The van der Waals surface area contributed by atoms with E-state index in [1.807, 2.05) is 6.92 Å². The monoisotopic (exact) mass is 637 g/mol. The van der Waals surface area contributed by atoms with E-state index in [4.69, 9.17) is 4.98 Å². The third kappa shape index (κ3) is 5.21. The number of piperidine rings is 1. The summed E-state index contributed by atoms with van der Waals surface area (Å²) in [5, 5.41) is 24.6. The van der Waals surface area contributed by atoms with Crippen LogP contribution in [0, 0.1) is 17.1 Å². The molecule has 1 N–H and O–H groups in total. The lowest BCUT2D eigenvalue weighted by Gasteiger charge is -2.38. The number of fused-ring (bicyclic) bond motifs is 1. The van der Waals surface area contributed by atoms with Crippen molar-refractivity contribution >= 4 is 61.4 Å². The largest absolute Gasteiger partial charge is 0.389 e. The maximum Gasteiger partial charge on any atom is 0.253 e. The molecule has 2 fully saturated rings. The molecule has 0 bridgehead atoms. The summed E-state index contributed by atoms with van der Waals surface area (Å²) in [4.78, 5) is 55.4. The number of thiazole rings is 1. The molecule has 3 aromatic heterocycles.